The third-order valence-corrected chi connectivity index (χ3v) is 4.29. The summed E-state index contributed by atoms with van der Waals surface area (Å²) in [6, 6.07) is 0. The van der Waals surface area contributed by atoms with Gasteiger partial charge in [-0.15, -0.1) is 0 Å². The monoisotopic (exact) mass is 608 g/mol. The van der Waals surface area contributed by atoms with Crippen LogP contribution in [-0.4, -0.2) is 192 Å². The second kappa shape index (κ2) is 43.8. The Morgan fingerprint density at radius 3 is 0.366 bits per heavy atom. The maximum atomic E-state index is 8.48. The van der Waals surface area contributed by atoms with Gasteiger partial charge in [-0.25, -0.2) is 0 Å². The zero-order valence-electron chi connectivity index (χ0n) is 24.7. The first-order valence-electron chi connectivity index (χ1n) is 14.1. The number of ether oxygens (including phenoxy) is 11. The molecule has 0 heterocycles. The lowest BCUT2D eigenvalue weighted by atomic mass is 10.7. The number of hydrogen-bond acceptors (Lipinski definition) is 15. The molecule has 0 spiro atoms. The number of aliphatic hydroxyl groups excluding tert-OH is 4. The third-order valence-electron chi connectivity index (χ3n) is 4.29. The summed E-state index contributed by atoms with van der Waals surface area (Å²) in [5, 5.41) is 33.9. The molecule has 0 saturated carbocycles. The summed E-state index contributed by atoms with van der Waals surface area (Å²) in [6.45, 7) is 10.6. The van der Waals surface area contributed by atoms with E-state index in [0.29, 0.717) is 145 Å². The summed E-state index contributed by atoms with van der Waals surface area (Å²) < 4.78 is 57.0. The quantitative estimate of drug-likeness (QED) is 0.0587. The maximum absolute atomic E-state index is 8.48. The molecule has 0 aromatic heterocycles. The fraction of sp³-hybridized carbons (Fsp3) is 1.00. The van der Waals surface area contributed by atoms with E-state index in [9.17, 15) is 0 Å². The highest BCUT2D eigenvalue weighted by atomic mass is 16.6. The molecular weight excluding hydrogens is 552 g/mol. The summed E-state index contributed by atoms with van der Waals surface area (Å²) in [7, 11) is 0. The number of aliphatic hydroxyl groups is 4. The second-order valence-corrected chi connectivity index (χ2v) is 7.63. The maximum Gasteiger partial charge on any atom is 0.0701 e. The molecule has 250 valence electrons. The SMILES string of the molecule is OCCOCCOCCOCCOCCOCCO.OCCOCCOCCOCCOCCOCCOCCO. The van der Waals surface area contributed by atoms with Crippen LogP contribution in [0, 0.1) is 0 Å². The molecule has 0 aliphatic heterocycles. The van der Waals surface area contributed by atoms with E-state index in [0.717, 1.165) is 0 Å². The van der Waals surface area contributed by atoms with Crippen LogP contribution in [0.15, 0.2) is 0 Å². The predicted octanol–water partition coefficient (Wildman–Crippen LogP) is -1.88. The Labute approximate surface area is 244 Å². The lowest BCUT2D eigenvalue weighted by molar-refractivity contribution is -0.0194. The van der Waals surface area contributed by atoms with Crippen LogP contribution in [-0.2, 0) is 52.1 Å². The van der Waals surface area contributed by atoms with Crippen LogP contribution in [0.5, 0.6) is 0 Å². The first-order valence-corrected chi connectivity index (χ1v) is 14.1. The van der Waals surface area contributed by atoms with Crippen LogP contribution < -0.4 is 0 Å². The molecule has 0 unspecified atom stereocenters. The summed E-state index contributed by atoms with van der Waals surface area (Å²) >= 11 is 0. The van der Waals surface area contributed by atoms with E-state index >= 15 is 0 Å². The minimum atomic E-state index is 0.0334. The van der Waals surface area contributed by atoms with Gasteiger partial charge in [0.05, 0.1) is 172 Å². The summed E-state index contributed by atoms with van der Waals surface area (Å²) in [5.74, 6) is 0. The molecule has 0 aromatic rings. The molecule has 0 atom stereocenters. The highest BCUT2D eigenvalue weighted by molar-refractivity contribution is 4.38. The van der Waals surface area contributed by atoms with Crippen LogP contribution in [0.1, 0.15) is 0 Å². The van der Waals surface area contributed by atoms with Crippen molar-refractivity contribution in [3.63, 3.8) is 0 Å². The van der Waals surface area contributed by atoms with Crippen molar-refractivity contribution in [3.8, 4) is 0 Å². The van der Waals surface area contributed by atoms with Gasteiger partial charge in [0.25, 0.3) is 0 Å². The number of hydrogen-bond donors (Lipinski definition) is 4. The summed E-state index contributed by atoms with van der Waals surface area (Å²) in [5.41, 5.74) is 0. The van der Waals surface area contributed by atoms with Crippen molar-refractivity contribution in [2.45, 2.75) is 0 Å². The van der Waals surface area contributed by atoms with Crippen molar-refractivity contribution in [1.29, 1.82) is 0 Å². The highest BCUT2D eigenvalue weighted by Crippen LogP contribution is 1.85. The Kier molecular flexibility index (Phi) is 45.5. The zero-order chi connectivity index (χ0) is 30.2. The zero-order valence-corrected chi connectivity index (χ0v) is 24.7. The Morgan fingerprint density at radius 2 is 0.268 bits per heavy atom. The average molecular weight is 609 g/mol. The van der Waals surface area contributed by atoms with E-state index in [1.165, 1.54) is 0 Å². The molecule has 0 radical (unpaired) electrons. The molecule has 0 rings (SSSR count). The van der Waals surface area contributed by atoms with Gasteiger partial charge in [-0.3, -0.25) is 0 Å². The smallest absolute Gasteiger partial charge is 0.0701 e. The lowest BCUT2D eigenvalue weighted by Gasteiger charge is -2.07. The third kappa shape index (κ3) is 46.6. The fourth-order valence-corrected chi connectivity index (χ4v) is 2.44. The van der Waals surface area contributed by atoms with Crippen molar-refractivity contribution in [1.82, 2.24) is 0 Å². The van der Waals surface area contributed by atoms with Crippen LogP contribution in [0.4, 0.5) is 0 Å². The average Bonchev–Trinajstić information content (AvgIpc) is 2.99. The molecular formula is C26H56O15. The second-order valence-electron chi connectivity index (χ2n) is 7.63. The van der Waals surface area contributed by atoms with Crippen molar-refractivity contribution >= 4 is 0 Å². The van der Waals surface area contributed by atoms with Gasteiger partial charge in [0.1, 0.15) is 0 Å². The molecule has 15 nitrogen and oxygen atoms in total. The number of rotatable bonds is 35. The van der Waals surface area contributed by atoms with Gasteiger partial charge in [0, 0.05) is 0 Å². The Hall–Kier alpha value is -0.600. The van der Waals surface area contributed by atoms with Gasteiger partial charge in [0.2, 0.25) is 0 Å². The molecule has 4 N–H and O–H groups in total. The van der Waals surface area contributed by atoms with Gasteiger partial charge in [-0.05, 0) is 0 Å². The van der Waals surface area contributed by atoms with E-state index in [-0.39, 0.29) is 26.4 Å². The molecule has 0 bridgehead atoms. The van der Waals surface area contributed by atoms with Crippen LogP contribution >= 0.6 is 0 Å². The molecule has 0 saturated heterocycles. The fourth-order valence-electron chi connectivity index (χ4n) is 2.44. The molecule has 0 aliphatic carbocycles. The van der Waals surface area contributed by atoms with E-state index < -0.39 is 0 Å². The molecule has 0 aliphatic rings. The van der Waals surface area contributed by atoms with E-state index in [2.05, 4.69) is 0 Å². The standard InChI is InChI=1S/C14H30O8.C12H26O7/c15-1-3-17-5-7-19-9-11-21-13-14-22-12-10-20-8-6-18-4-2-16;13-1-3-15-5-7-17-9-11-19-12-10-18-8-6-16-4-2-14/h15-16H,1-14H2;13-14H,1-12H2. The lowest BCUT2D eigenvalue weighted by Crippen LogP contribution is -2.14. The van der Waals surface area contributed by atoms with E-state index in [4.69, 9.17) is 72.5 Å². The highest BCUT2D eigenvalue weighted by Gasteiger charge is 1.95. The van der Waals surface area contributed by atoms with Gasteiger partial charge in [0.15, 0.2) is 0 Å². The summed E-state index contributed by atoms with van der Waals surface area (Å²) in [4.78, 5) is 0. The Bertz CT molecular complexity index is 388. The molecule has 41 heavy (non-hydrogen) atoms. The summed E-state index contributed by atoms with van der Waals surface area (Å²) in [6.07, 6.45) is 0. The minimum absolute atomic E-state index is 0.0334. The Balaban J connectivity index is 0. The first-order chi connectivity index (χ1) is 20.3. The van der Waals surface area contributed by atoms with Crippen molar-refractivity contribution in [2.75, 3.05) is 172 Å². The van der Waals surface area contributed by atoms with Crippen molar-refractivity contribution in [3.05, 3.63) is 0 Å². The normalized spacial score (nSPS) is 11.1. The molecule has 0 amide bonds. The van der Waals surface area contributed by atoms with Crippen molar-refractivity contribution < 1.29 is 72.5 Å². The first kappa shape index (κ1) is 42.5. The Morgan fingerprint density at radius 1 is 0.171 bits per heavy atom. The minimum Gasteiger partial charge on any atom is -0.394 e. The van der Waals surface area contributed by atoms with Gasteiger partial charge in [-0.1, -0.05) is 0 Å². The van der Waals surface area contributed by atoms with Crippen LogP contribution in [0.3, 0.4) is 0 Å². The molecule has 0 aromatic carbocycles. The van der Waals surface area contributed by atoms with Gasteiger partial charge >= 0.3 is 0 Å². The predicted molar refractivity (Wildman–Crippen MR) is 147 cm³/mol. The van der Waals surface area contributed by atoms with Crippen LogP contribution in [0.25, 0.3) is 0 Å². The largest absolute Gasteiger partial charge is 0.394 e. The van der Waals surface area contributed by atoms with Gasteiger partial charge < -0.3 is 72.5 Å². The van der Waals surface area contributed by atoms with Crippen molar-refractivity contribution in [2.24, 2.45) is 0 Å². The van der Waals surface area contributed by atoms with E-state index in [1.54, 1.807) is 0 Å². The molecule has 0 fully saturated rings. The van der Waals surface area contributed by atoms with Gasteiger partial charge in [-0.2, -0.15) is 0 Å². The van der Waals surface area contributed by atoms with E-state index in [1.807, 2.05) is 0 Å². The van der Waals surface area contributed by atoms with Crippen LogP contribution in [0.2, 0.25) is 0 Å². The topological polar surface area (TPSA) is 182 Å². The molecule has 15 heteroatoms.